The Kier molecular flexibility index (Phi) is 4.02. The van der Waals surface area contributed by atoms with E-state index in [9.17, 15) is 4.79 Å². The molecule has 6 heteroatoms. The van der Waals surface area contributed by atoms with E-state index in [4.69, 9.17) is 23.2 Å². The topological polar surface area (TPSA) is 38.1 Å². The number of halogens is 2. The predicted molar refractivity (Wildman–Crippen MR) is 83.8 cm³/mol. The highest BCUT2D eigenvalue weighted by molar-refractivity contribution is 6.41. The lowest BCUT2D eigenvalue weighted by Crippen LogP contribution is -2.33. The Morgan fingerprint density at radius 1 is 1.38 bits per heavy atom. The molecule has 1 aromatic carbocycles. The van der Waals surface area contributed by atoms with Gasteiger partial charge in [0.25, 0.3) is 5.56 Å². The Morgan fingerprint density at radius 3 is 2.95 bits per heavy atom. The number of aromatic nitrogens is 2. The predicted octanol–water partition coefficient (Wildman–Crippen LogP) is 3.13. The SMILES string of the molecule is CN(Cn1ncc(Cl)c(Cl)c1=O)[C@@H]1CCc2ccccc21. The van der Waals surface area contributed by atoms with Gasteiger partial charge in [-0.1, -0.05) is 47.5 Å². The third-order valence-corrected chi connectivity index (χ3v) is 4.68. The summed E-state index contributed by atoms with van der Waals surface area (Å²) in [6.45, 7) is 0.384. The highest BCUT2D eigenvalue weighted by atomic mass is 35.5. The zero-order valence-electron chi connectivity index (χ0n) is 11.6. The zero-order chi connectivity index (χ0) is 15.0. The number of nitrogens with zero attached hydrogens (tertiary/aromatic N) is 3. The van der Waals surface area contributed by atoms with E-state index in [1.807, 2.05) is 7.05 Å². The van der Waals surface area contributed by atoms with Crippen molar-refractivity contribution in [3.8, 4) is 0 Å². The molecule has 1 heterocycles. The molecule has 4 nitrogen and oxygen atoms in total. The van der Waals surface area contributed by atoms with Gasteiger partial charge in [-0.3, -0.25) is 9.69 Å². The maximum absolute atomic E-state index is 12.0. The van der Waals surface area contributed by atoms with Crippen molar-refractivity contribution >= 4 is 23.2 Å². The first kappa shape index (κ1) is 14.6. The van der Waals surface area contributed by atoms with Crippen LogP contribution in [0.5, 0.6) is 0 Å². The molecule has 0 fully saturated rings. The van der Waals surface area contributed by atoms with E-state index in [1.165, 1.54) is 22.0 Å². The van der Waals surface area contributed by atoms with Gasteiger partial charge in [-0.25, -0.2) is 4.68 Å². The van der Waals surface area contributed by atoms with E-state index in [2.05, 4.69) is 34.3 Å². The van der Waals surface area contributed by atoms with Crippen molar-refractivity contribution in [3.63, 3.8) is 0 Å². The van der Waals surface area contributed by atoms with Gasteiger partial charge in [0.05, 0.1) is 17.9 Å². The van der Waals surface area contributed by atoms with E-state index < -0.39 is 0 Å². The summed E-state index contributed by atoms with van der Waals surface area (Å²) in [5, 5.41) is 4.26. The second-order valence-electron chi connectivity index (χ2n) is 5.26. The van der Waals surface area contributed by atoms with Gasteiger partial charge in [0, 0.05) is 6.04 Å². The van der Waals surface area contributed by atoms with Crippen LogP contribution < -0.4 is 5.56 Å². The molecule has 3 rings (SSSR count). The molecule has 0 bridgehead atoms. The summed E-state index contributed by atoms with van der Waals surface area (Å²) in [6, 6.07) is 8.71. The molecule has 1 aliphatic carbocycles. The van der Waals surface area contributed by atoms with Crippen molar-refractivity contribution in [1.29, 1.82) is 0 Å². The first-order valence-corrected chi connectivity index (χ1v) is 7.52. The van der Waals surface area contributed by atoms with Crippen LogP contribution in [0.3, 0.4) is 0 Å². The zero-order valence-corrected chi connectivity index (χ0v) is 13.1. The molecule has 21 heavy (non-hydrogen) atoms. The summed E-state index contributed by atoms with van der Waals surface area (Å²) in [6.07, 6.45) is 3.52. The molecule has 0 radical (unpaired) electrons. The molecular weight excluding hydrogens is 309 g/mol. The normalized spacial score (nSPS) is 17.2. The Labute approximate surface area is 132 Å². The van der Waals surface area contributed by atoms with Crippen molar-refractivity contribution in [2.45, 2.75) is 25.6 Å². The van der Waals surface area contributed by atoms with E-state index in [-0.39, 0.29) is 15.6 Å². The molecule has 110 valence electrons. The fourth-order valence-electron chi connectivity index (χ4n) is 2.85. The highest BCUT2D eigenvalue weighted by Gasteiger charge is 2.25. The fourth-order valence-corrected chi connectivity index (χ4v) is 3.12. The number of hydrogen-bond acceptors (Lipinski definition) is 3. The lowest BCUT2D eigenvalue weighted by atomic mass is 10.1. The van der Waals surface area contributed by atoms with E-state index in [0.29, 0.717) is 12.7 Å². The van der Waals surface area contributed by atoms with Crippen molar-refractivity contribution < 1.29 is 0 Å². The van der Waals surface area contributed by atoms with Crippen molar-refractivity contribution in [2.75, 3.05) is 7.05 Å². The van der Waals surface area contributed by atoms with Gasteiger partial charge in [0.2, 0.25) is 0 Å². The summed E-state index contributed by atoms with van der Waals surface area (Å²) in [5.74, 6) is 0. The van der Waals surface area contributed by atoms with Gasteiger partial charge in [-0.05, 0) is 31.0 Å². The van der Waals surface area contributed by atoms with Gasteiger partial charge in [0.15, 0.2) is 0 Å². The highest BCUT2D eigenvalue weighted by Crippen LogP contribution is 2.34. The van der Waals surface area contributed by atoms with Crippen molar-refractivity contribution in [1.82, 2.24) is 14.7 Å². The maximum Gasteiger partial charge on any atom is 0.288 e. The molecule has 0 N–H and O–H groups in total. The van der Waals surface area contributed by atoms with Gasteiger partial charge in [-0.2, -0.15) is 5.10 Å². The molecule has 0 spiro atoms. The molecule has 1 aromatic heterocycles. The van der Waals surface area contributed by atoms with Crippen LogP contribution in [0.15, 0.2) is 35.3 Å². The van der Waals surface area contributed by atoms with Crippen LogP contribution in [0, 0.1) is 0 Å². The average Bonchev–Trinajstić information content (AvgIpc) is 2.92. The third-order valence-electron chi connectivity index (χ3n) is 3.93. The van der Waals surface area contributed by atoms with Crippen LogP contribution in [0.2, 0.25) is 10.0 Å². The molecule has 0 saturated carbocycles. The van der Waals surface area contributed by atoms with E-state index >= 15 is 0 Å². The van der Waals surface area contributed by atoms with Crippen LogP contribution in [-0.2, 0) is 13.1 Å². The number of aryl methyl sites for hydroxylation is 1. The number of benzene rings is 1. The molecule has 2 aromatic rings. The van der Waals surface area contributed by atoms with Gasteiger partial charge < -0.3 is 0 Å². The summed E-state index contributed by atoms with van der Waals surface area (Å²) in [7, 11) is 1.99. The summed E-state index contributed by atoms with van der Waals surface area (Å²) < 4.78 is 1.34. The lowest BCUT2D eigenvalue weighted by Gasteiger charge is -2.25. The standard InChI is InChI=1S/C15H15Cl2N3O/c1-19(9-20-15(21)14(17)12(16)8-18-20)13-7-6-10-4-2-3-5-11(10)13/h2-5,8,13H,6-7,9H2,1H3/t13-/m1/s1. The van der Waals surface area contributed by atoms with Crippen LogP contribution in [0.4, 0.5) is 0 Å². The van der Waals surface area contributed by atoms with Gasteiger partial charge >= 0.3 is 0 Å². The Bertz CT molecular complexity index is 729. The van der Waals surface area contributed by atoms with Crippen LogP contribution in [0.25, 0.3) is 0 Å². The molecule has 0 amide bonds. The fraction of sp³-hybridized carbons (Fsp3) is 0.333. The van der Waals surface area contributed by atoms with Crippen LogP contribution in [0.1, 0.15) is 23.6 Å². The minimum absolute atomic E-state index is 0.0203. The largest absolute Gasteiger partial charge is 0.288 e. The van der Waals surface area contributed by atoms with Crippen molar-refractivity contribution in [3.05, 3.63) is 62.0 Å². The lowest BCUT2D eigenvalue weighted by molar-refractivity contribution is 0.179. The maximum atomic E-state index is 12.0. The molecule has 0 unspecified atom stereocenters. The third kappa shape index (κ3) is 2.71. The van der Waals surface area contributed by atoms with E-state index in [1.54, 1.807) is 0 Å². The van der Waals surface area contributed by atoms with Crippen LogP contribution >= 0.6 is 23.2 Å². The smallest absolute Gasteiger partial charge is 0.280 e. The van der Waals surface area contributed by atoms with E-state index in [0.717, 1.165) is 12.8 Å². The van der Waals surface area contributed by atoms with Crippen molar-refractivity contribution in [2.24, 2.45) is 0 Å². The molecule has 1 atom stereocenters. The Hall–Kier alpha value is -1.36. The molecule has 1 aliphatic rings. The Morgan fingerprint density at radius 2 is 2.14 bits per heavy atom. The molecule has 0 saturated heterocycles. The second-order valence-corrected chi connectivity index (χ2v) is 6.05. The number of fused-ring (bicyclic) bond motifs is 1. The summed E-state index contributed by atoms with van der Waals surface area (Å²) in [5.41, 5.74) is 2.35. The first-order valence-electron chi connectivity index (χ1n) is 6.77. The van der Waals surface area contributed by atoms with Gasteiger partial charge in [0.1, 0.15) is 5.02 Å². The minimum Gasteiger partial charge on any atom is -0.280 e. The van der Waals surface area contributed by atoms with Crippen LogP contribution in [-0.4, -0.2) is 21.7 Å². The average molecular weight is 324 g/mol. The molecular formula is C15H15Cl2N3O. The minimum atomic E-state index is -0.359. The number of rotatable bonds is 3. The summed E-state index contributed by atoms with van der Waals surface area (Å²) >= 11 is 11.7. The monoisotopic (exact) mass is 323 g/mol. The molecule has 0 aliphatic heterocycles. The summed E-state index contributed by atoms with van der Waals surface area (Å²) in [4.78, 5) is 14.2. The Balaban J connectivity index is 1.84. The quantitative estimate of drug-likeness (QED) is 0.871. The number of hydrogen-bond donors (Lipinski definition) is 0. The second kappa shape index (κ2) is 5.79. The first-order chi connectivity index (χ1) is 10.1. The van der Waals surface area contributed by atoms with Gasteiger partial charge in [-0.15, -0.1) is 0 Å².